The Morgan fingerprint density at radius 3 is 2.80 bits per heavy atom. The zero-order valence-electron chi connectivity index (χ0n) is 11.9. The van der Waals surface area contributed by atoms with Crippen molar-refractivity contribution in [3.8, 4) is 0 Å². The van der Waals surface area contributed by atoms with Crippen LogP contribution in [0.2, 0.25) is 0 Å². The Morgan fingerprint density at radius 2 is 2.15 bits per heavy atom. The number of halogens is 1. The molecule has 1 aromatic carbocycles. The van der Waals surface area contributed by atoms with Crippen molar-refractivity contribution >= 4 is 15.9 Å². The van der Waals surface area contributed by atoms with E-state index in [1.165, 1.54) is 5.56 Å². The highest BCUT2D eigenvalue weighted by Crippen LogP contribution is 2.41. The second kappa shape index (κ2) is 5.76. The largest absolute Gasteiger partial charge is 0.393 e. The Balaban J connectivity index is 1.82. The predicted molar refractivity (Wildman–Crippen MR) is 84.3 cm³/mol. The number of benzene rings is 1. The van der Waals surface area contributed by atoms with Crippen LogP contribution in [-0.2, 0) is 0 Å². The number of aliphatic hydroxyl groups is 1. The first-order valence-electron chi connectivity index (χ1n) is 7.49. The van der Waals surface area contributed by atoms with E-state index in [9.17, 15) is 5.11 Å². The Labute approximate surface area is 129 Å². The summed E-state index contributed by atoms with van der Waals surface area (Å²) in [7, 11) is 0. The van der Waals surface area contributed by atoms with E-state index in [2.05, 4.69) is 46.0 Å². The molecule has 0 spiro atoms. The summed E-state index contributed by atoms with van der Waals surface area (Å²) in [6.07, 6.45) is 2.02. The molecular formula is C16H23BrN2O. The summed E-state index contributed by atoms with van der Waals surface area (Å²) in [6.45, 7) is 4.13. The average molecular weight is 339 g/mol. The second-order valence-electron chi connectivity index (χ2n) is 6.38. The molecule has 20 heavy (non-hydrogen) atoms. The predicted octanol–water partition coefficient (Wildman–Crippen LogP) is 2.54. The number of likely N-dealkylation sites (tertiary alicyclic amines) is 1. The second-order valence-corrected chi connectivity index (χ2v) is 7.30. The van der Waals surface area contributed by atoms with Crippen LogP contribution in [0.25, 0.3) is 0 Å². The molecule has 1 aliphatic carbocycles. The lowest BCUT2D eigenvalue weighted by molar-refractivity contribution is 0.115. The van der Waals surface area contributed by atoms with Gasteiger partial charge in [-0.2, -0.15) is 0 Å². The third kappa shape index (κ3) is 2.67. The van der Waals surface area contributed by atoms with Crippen molar-refractivity contribution in [1.82, 2.24) is 4.90 Å². The van der Waals surface area contributed by atoms with E-state index >= 15 is 0 Å². The SMILES string of the molecule is CC(N)C(c1cccc(Br)c1)N1CC2CCC(O)C2C1. The summed E-state index contributed by atoms with van der Waals surface area (Å²) in [5.41, 5.74) is 7.53. The topological polar surface area (TPSA) is 49.5 Å². The Hall–Kier alpha value is -0.420. The van der Waals surface area contributed by atoms with E-state index in [0.717, 1.165) is 30.4 Å². The summed E-state index contributed by atoms with van der Waals surface area (Å²) < 4.78 is 1.10. The molecule has 1 aliphatic heterocycles. The lowest BCUT2D eigenvalue weighted by Gasteiger charge is -2.32. The van der Waals surface area contributed by atoms with Crippen LogP contribution in [0.1, 0.15) is 31.4 Å². The van der Waals surface area contributed by atoms with E-state index in [-0.39, 0.29) is 18.2 Å². The fourth-order valence-corrected chi connectivity index (χ4v) is 4.45. The lowest BCUT2D eigenvalue weighted by atomic mass is 9.99. The first-order valence-corrected chi connectivity index (χ1v) is 8.28. The van der Waals surface area contributed by atoms with Gasteiger partial charge >= 0.3 is 0 Å². The summed E-state index contributed by atoms with van der Waals surface area (Å²) in [4.78, 5) is 2.48. The minimum absolute atomic E-state index is 0.0836. The Bertz CT molecular complexity index is 479. The zero-order valence-corrected chi connectivity index (χ0v) is 13.5. The van der Waals surface area contributed by atoms with Gasteiger partial charge in [0.05, 0.1) is 6.10 Å². The normalized spacial score (nSPS) is 33.1. The molecule has 0 aromatic heterocycles. The van der Waals surface area contributed by atoms with Gasteiger partial charge in [-0.3, -0.25) is 4.90 Å². The smallest absolute Gasteiger partial charge is 0.0583 e. The van der Waals surface area contributed by atoms with Gasteiger partial charge in [-0.15, -0.1) is 0 Å². The quantitative estimate of drug-likeness (QED) is 0.890. The fourth-order valence-electron chi connectivity index (χ4n) is 4.04. The van der Waals surface area contributed by atoms with Crippen molar-refractivity contribution < 1.29 is 5.11 Å². The van der Waals surface area contributed by atoms with Crippen LogP contribution in [0.3, 0.4) is 0 Å². The van der Waals surface area contributed by atoms with Crippen molar-refractivity contribution in [2.75, 3.05) is 13.1 Å². The first kappa shape index (κ1) is 14.5. The van der Waals surface area contributed by atoms with Crippen LogP contribution in [0.4, 0.5) is 0 Å². The van der Waals surface area contributed by atoms with Crippen molar-refractivity contribution in [2.24, 2.45) is 17.6 Å². The maximum absolute atomic E-state index is 10.1. The summed E-state index contributed by atoms with van der Waals surface area (Å²) in [5.74, 6) is 1.10. The Morgan fingerprint density at radius 1 is 1.35 bits per heavy atom. The van der Waals surface area contributed by atoms with Crippen LogP contribution < -0.4 is 5.73 Å². The summed E-state index contributed by atoms with van der Waals surface area (Å²) in [6, 6.07) is 8.76. The van der Waals surface area contributed by atoms with Gasteiger partial charge in [0.15, 0.2) is 0 Å². The zero-order chi connectivity index (χ0) is 14.3. The van der Waals surface area contributed by atoms with E-state index in [1.54, 1.807) is 0 Å². The molecule has 1 heterocycles. The monoisotopic (exact) mass is 338 g/mol. The molecule has 1 saturated heterocycles. The molecule has 3 nitrogen and oxygen atoms in total. The number of rotatable bonds is 3. The van der Waals surface area contributed by atoms with Gasteiger partial charge in [-0.25, -0.2) is 0 Å². The van der Waals surface area contributed by atoms with Crippen LogP contribution in [-0.4, -0.2) is 35.2 Å². The average Bonchev–Trinajstić information content (AvgIpc) is 2.92. The molecule has 0 bridgehead atoms. The van der Waals surface area contributed by atoms with Gasteiger partial charge in [-0.05, 0) is 43.4 Å². The minimum atomic E-state index is -0.110. The maximum atomic E-state index is 10.1. The van der Waals surface area contributed by atoms with Gasteiger partial charge in [-0.1, -0.05) is 28.1 Å². The van der Waals surface area contributed by atoms with E-state index in [1.807, 2.05) is 6.07 Å². The van der Waals surface area contributed by atoms with Gasteiger partial charge in [0.25, 0.3) is 0 Å². The molecule has 4 heteroatoms. The maximum Gasteiger partial charge on any atom is 0.0583 e. The molecule has 0 amide bonds. The summed E-state index contributed by atoms with van der Waals surface area (Å²) in [5, 5.41) is 10.1. The van der Waals surface area contributed by atoms with E-state index in [4.69, 9.17) is 5.73 Å². The highest BCUT2D eigenvalue weighted by molar-refractivity contribution is 9.10. The van der Waals surface area contributed by atoms with Crippen molar-refractivity contribution in [1.29, 1.82) is 0 Å². The van der Waals surface area contributed by atoms with E-state index < -0.39 is 0 Å². The van der Waals surface area contributed by atoms with Crippen LogP contribution in [0, 0.1) is 11.8 Å². The third-order valence-corrected chi connectivity index (χ3v) is 5.42. The van der Waals surface area contributed by atoms with Crippen molar-refractivity contribution in [2.45, 2.75) is 38.0 Å². The molecule has 2 aliphatic rings. The van der Waals surface area contributed by atoms with Crippen molar-refractivity contribution in [3.05, 3.63) is 34.3 Å². The third-order valence-electron chi connectivity index (χ3n) is 4.93. The number of hydrogen-bond donors (Lipinski definition) is 2. The first-order chi connectivity index (χ1) is 9.56. The van der Waals surface area contributed by atoms with Crippen molar-refractivity contribution in [3.63, 3.8) is 0 Å². The number of nitrogens with two attached hydrogens (primary N) is 1. The molecule has 0 radical (unpaired) electrons. The highest BCUT2D eigenvalue weighted by atomic mass is 79.9. The molecular weight excluding hydrogens is 316 g/mol. The molecule has 3 N–H and O–H groups in total. The molecule has 2 fully saturated rings. The molecule has 3 rings (SSSR count). The van der Waals surface area contributed by atoms with Crippen LogP contribution in [0.5, 0.6) is 0 Å². The standard InChI is InChI=1S/C16H23BrN2O/c1-10(18)16(11-3-2-4-13(17)7-11)19-8-12-5-6-15(20)14(12)9-19/h2-4,7,10,12,14-16,20H,5-6,8-9,18H2,1H3. The molecule has 1 saturated carbocycles. The van der Waals surface area contributed by atoms with Crippen LogP contribution in [0.15, 0.2) is 28.7 Å². The molecule has 5 atom stereocenters. The number of fused-ring (bicyclic) bond motifs is 1. The highest BCUT2D eigenvalue weighted by Gasteiger charge is 2.44. The van der Waals surface area contributed by atoms with Gasteiger partial charge in [0, 0.05) is 35.6 Å². The number of aliphatic hydroxyl groups excluding tert-OH is 1. The molecule has 110 valence electrons. The molecule has 1 aromatic rings. The van der Waals surface area contributed by atoms with Gasteiger partial charge < -0.3 is 10.8 Å². The van der Waals surface area contributed by atoms with Gasteiger partial charge in [0.1, 0.15) is 0 Å². The lowest BCUT2D eigenvalue weighted by Crippen LogP contribution is -2.39. The molecule has 5 unspecified atom stereocenters. The summed E-state index contributed by atoms with van der Waals surface area (Å²) >= 11 is 3.55. The fraction of sp³-hybridized carbons (Fsp3) is 0.625. The number of hydrogen-bond acceptors (Lipinski definition) is 3. The van der Waals surface area contributed by atoms with Crippen LogP contribution >= 0.6 is 15.9 Å². The minimum Gasteiger partial charge on any atom is -0.393 e. The number of nitrogens with zero attached hydrogens (tertiary/aromatic N) is 1. The van der Waals surface area contributed by atoms with Gasteiger partial charge in [0.2, 0.25) is 0 Å². The van der Waals surface area contributed by atoms with E-state index in [0.29, 0.717) is 11.8 Å². The Kier molecular flexibility index (Phi) is 4.18.